The molecule has 0 amide bonds. The molecule has 0 heterocycles. The molecule has 4 nitrogen and oxygen atoms in total. The molecule has 4 aromatic carbocycles. The third-order valence-corrected chi connectivity index (χ3v) is 6.27. The first-order chi connectivity index (χ1) is 17.1. The Morgan fingerprint density at radius 1 is 0.743 bits per heavy atom. The highest BCUT2D eigenvalue weighted by Gasteiger charge is 2.28. The molecule has 2 atom stereocenters. The van der Waals surface area contributed by atoms with Crippen LogP contribution in [0.2, 0.25) is 0 Å². The fraction of sp³-hybridized carbons (Fsp3) is 0.194. The number of ether oxygens (including phenoxy) is 1. The second kappa shape index (κ2) is 12.0. The first-order valence-electron chi connectivity index (χ1n) is 11.9. The smallest absolute Gasteiger partial charge is 0.305 e. The molecule has 0 aliphatic heterocycles. The van der Waals surface area contributed by atoms with Crippen molar-refractivity contribution in [3.05, 3.63) is 138 Å². The van der Waals surface area contributed by atoms with Gasteiger partial charge in [0.25, 0.3) is 0 Å². The monoisotopic (exact) mass is 465 g/mol. The molecule has 1 N–H and O–H groups in total. The van der Waals surface area contributed by atoms with Crippen LogP contribution in [-0.2, 0) is 17.9 Å². The lowest BCUT2D eigenvalue weighted by molar-refractivity contribution is -0.138. The molecule has 0 bridgehead atoms. The number of hydrogen-bond donors (Lipinski definition) is 1. The summed E-state index contributed by atoms with van der Waals surface area (Å²) in [5.41, 5.74) is 4.36. The quantitative estimate of drug-likeness (QED) is 0.258. The zero-order valence-electron chi connectivity index (χ0n) is 20.0. The average molecular weight is 466 g/mol. The van der Waals surface area contributed by atoms with Crippen molar-refractivity contribution in [1.29, 1.82) is 0 Å². The van der Waals surface area contributed by atoms with Gasteiger partial charge in [-0.05, 0) is 41.3 Å². The molecule has 1 unspecified atom stereocenters. The molecule has 178 valence electrons. The Morgan fingerprint density at radius 3 is 1.86 bits per heavy atom. The number of hydrogen-bond acceptors (Lipinski definition) is 3. The summed E-state index contributed by atoms with van der Waals surface area (Å²) >= 11 is 0. The van der Waals surface area contributed by atoms with E-state index < -0.39 is 5.97 Å². The van der Waals surface area contributed by atoms with Crippen LogP contribution < -0.4 is 4.74 Å². The van der Waals surface area contributed by atoms with Crippen molar-refractivity contribution >= 4 is 5.97 Å². The van der Waals surface area contributed by atoms with E-state index in [-0.39, 0.29) is 18.5 Å². The molecule has 0 aromatic heterocycles. The summed E-state index contributed by atoms with van der Waals surface area (Å²) in [7, 11) is 0. The first-order valence-corrected chi connectivity index (χ1v) is 11.9. The molecule has 0 saturated heterocycles. The van der Waals surface area contributed by atoms with E-state index in [9.17, 15) is 9.90 Å². The largest absolute Gasteiger partial charge is 0.489 e. The van der Waals surface area contributed by atoms with Gasteiger partial charge < -0.3 is 9.84 Å². The fourth-order valence-electron chi connectivity index (χ4n) is 4.35. The number of carboxylic acids is 1. The highest BCUT2D eigenvalue weighted by molar-refractivity contribution is 5.68. The number of rotatable bonds is 11. The molecule has 0 aliphatic rings. The highest BCUT2D eigenvalue weighted by Crippen LogP contribution is 2.35. The maximum Gasteiger partial charge on any atom is 0.305 e. The van der Waals surface area contributed by atoms with Gasteiger partial charge >= 0.3 is 5.97 Å². The van der Waals surface area contributed by atoms with E-state index in [4.69, 9.17) is 4.74 Å². The van der Waals surface area contributed by atoms with Crippen LogP contribution in [0, 0.1) is 0 Å². The second-order valence-electron chi connectivity index (χ2n) is 8.70. The van der Waals surface area contributed by atoms with Crippen molar-refractivity contribution in [3.8, 4) is 5.75 Å². The van der Waals surface area contributed by atoms with Crippen molar-refractivity contribution in [2.45, 2.75) is 38.6 Å². The predicted octanol–water partition coefficient (Wildman–Crippen LogP) is 7.04. The maximum atomic E-state index is 12.0. The summed E-state index contributed by atoms with van der Waals surface area (Å²) in [4.78, 5) is 14.3. The molecule has 4 aromatic rings. The molecule has 0 saturated carbocycles. The van der Waals surface area contributed by atoms with Gasteiger partial charge in [-0.25, -0.2) is 0 Å². The Morgan fingerprint density at radius 2 is 1.29 bits per heavy atom. The Balaban J connectivity index is 1.61. The van der Waals surface area contributed by atoms with Crippen LogP contribution in [0.5, 0.6) is 5.75 Å². The van der Waals surface area contributed by atoms with E-state index in [0.29, 0.717) is 13.2 Å². The summed E-state index contributed by atoms with van der Waals surface area (Å²) in [6, 6.07) is 38.1. The molecule has 4 rings (SSSR count). The van der Waals surface area contributed by atoms with E-state index in [1.54, 1.807) is 0 Å². The normalized spacial score (nSPS) is 12.7. The van der Waals surface area contributed by atoms with E-state index in [0.717, 1.165) is 28.0 Å². The van der Waals surface area contributed by atoms with Gasteiger partial charge in [-0.3, -0.25) is 9.69 Å². The van der Waals surface area contributed by atoms with E-state index in [1.807, 2.05) is 91.0 Å². The number of benzene rings is 4. The van der Waals surface area contributed by atoms with Gasteiger partial charge in [0.05, 0.1) is 6.42 Å². The van der Waals surface area contributed by atoms with Crippen LogP contribution >= 0.6 is 0 Å². The Hall–Kier alpha value is -3.89. The van der Waals surface area contributed by atoms with Crippen LogP contribution in [0.25, 0.3) is 0 Å². The molecular weight excluding hydrogens is 434 g/mol. The highest BCUT2D eigenvalue weighted by atomic mass is 16.5. The van der Waals surface area contributed by atoms with Gasteiger partial charge in [-0.1, -0.05) is 103 Å². The first kappa shape index (κ1) is 24.2. The number of aliphatic carboxylic acids is 1. The lowest BCUT2D eigenvalue weighted by Gasteiger charge is -2.36. The zero-order valence-corrected chi connectivity index (χ0v) is 20.0. The van der Waals surface area contributed by atoms with Crippen LogP contribution in [0.15, 0.2) is 115 Å². The van der Waals surface area contributed by atoms with Crippen molar-refractivity contribution in [3.63, 3.8) is 0 Å². The minimum absolute atomic E-state index is 0.00816. The van der Waals surface area contributed by atoms with Crippen molar-refractivity contribution < 1.29 is 14.6 Å². The fourth-order valence-corrected chi connectivity index (χ4v) is 4.35. The average Bonchev–Trinajstić information content (AvgIpc) is 2.91. The lowest BCUT2D eigenvalue weighted by Crippen LogP contribution is -2.32. The van der Waals surface area contributed by atoms with Crippen LogP contribution in [0.3, 0.4) is 0 Å². The van der Waals surface area contributed by atoms with Gasteiger partial charge in [0.15, 0.2) is 0 Å². The minimum Gasteiger partial charge on any atom is -0.489 e. The standard InChI is InChI=1S/C31H31NO3/c1-24(27-15-9-4-10-16-27)32(22-25-11-5-2-6-12-25)30(21-31(33)34)28-17-19-29(20-18-28)35-23-26-13-7-3-8-14-26/h2-20,24,30H,21-23H2,1H3,(H,33,34)/t24-,30?/m1/s1. The Kier molecular flexibility index (Phi) is 8.31. The zero-order chi connectivity index (χ0) is 24.5. The van der Waals surface area contributed by atoms with Gasteiger partial charge in [0.1, 0.15) is 12.4 Å². The van der Waals surface area contributed by atoms with Gasteiger partial charge in [-0.2, -0.15) is 0 Å². The van der Waals surface area contributed by atoms with Gasteiger partial charge in [0, 0.05) is 18.6 Å². The number of nitrogens with zero attached hydrogens (tertiary/aromatic N) is 1. The van der Waals surface area contributed by atoms with E-state index in [1.165, 1.54) is 0 Å². The lowest BCUT2D eigenvalue weighted by atomic mass is 9.96. The molecule has 0 fully saturated rings. The summed E-state index contributed by atoms with van der Waals surface area (Å²) in [6.45, 7) is 3.27. The van der Waals surface area contributed by atoms with Crippen LogP contribution in [0.1, 0.15) is 47.7 Å². The predicted molar refractivity (Wildman–Crippen MR) is 139 cm³/mol. The van der Waals surface area contributed by atoms with Crippen molar-refractivity contribution in [1.82, 2.24) is 4.90 Å². The summed E-state index contributed by atoms with van der Waals surface area (Å²) < 4.78 is 5.95. The molecule has 0 aliphatic carbocycles. The van der Waals surface area contributed by atoms with Crippen molar-refractivity contribution in [2.24, 2.45) is 0 Å². The summed E-state index contributed by atoms with van der Waals surface area (Å²) in [5, 5.41) is 9.83. The summed E-state index contributed by atoms with van der Waals surface area (Å²) in [5.74, 6) is -0.0601. The number of carbonyl (C=O) groups is 1. The minimum atomic E-state index is -0.822. The van der Waals surface area contributed by atoms with Crippen molar-refractivity contribution in [2.75, 3.05) is 0 Å². The SMILES string of the molecule is C[C@H](c1ccccc1)N(Cc1ccccc1)C(CC(=O)O)c1ccc(OCc2ccccc2)cc1. The molecular formula is C31H31NO3. The molecule has 0 spiro atoms. The molecule has 4 heteroatoms. The second-order valence-corrected chi connectivity index (χ2v) is 8.70. The van der Waals surface area contributed by atoms with E-state index >= 15 is 0 Å². The van der Waals surface area contributed by atoms with Crippen LogP contribution in [-0.4, -0.2) is 16.0 Å². The van der Waals surface area contributed by atoms with E-state index in [2.05, 4.69) is 36.1 Å². The number of carboxylic acid groups (broad SMARTS) is 1. The third-order valence-electron chi connectivity index (χ3n) is 6.27. The maximum absolute atomic E-state index is 12.0. The molecule has 35 heavy (non-hydrogen) atoms. The van der Waals surface area contributed by atoms with Gasteiger partial charge in [0.2, 0.25) is 0 Å². The topological polar surface area (TPSA) is 49.8 Å². The Labute approximate surface area is 207 Å². The molecule has 0 radical (unpaired) electrons. The van der Waals surface area contributed by atoms with Gasteiger partial charge in [-0.15, -0.1) is 0 Å². The third kappa shape index (κ3) is 6.81. The Bertz CT molecular complexity index is 1180. The van der Waals surface area contributed by atoms with Crippen LogP contribution in [0.4, 0.5) is 0 Å². The summed E-state index contributed by atoms with van der Waals surface area (Å²) in [6.07, 6.45) is 0.00816.